The second kappa shape index (κ2) is 4.38. The molecule has 1 aromatic heterocycles. The minimum Gasteiger partial charge on any atom is -0.375 e. The fourth-order valence-corrected chi connectivity index (χ4v) is 2.08. The van der Waals surface area contributed by atoms with Gasteiger partial charge < -0.3 is 10.1 Å². The molecule has 0 spiro atoms. The van der Waals surface area contributed by atoms with Crippen molar-refractivity contribution in [2.75, 3.05) is 7.11 Å². The summed E-state index contributed by atoms with van der Waals surface area (Å²) in [5.41, 5.74) is 1.14. The predicted octanol–water partition coefficient (Wildman–Crippen LogP) is 2.10. The first-order valence-corrected chi connectivity index (χ1v) is 5.88. The molecule has 0 aliphatic heterocycles. The third kappa shape index (κ3) is 2.53. The van der Waals surface area contributed by atoms with Gasteiger partial charge in [-0.25, -0.2) is 4.98 Å². The predicted molar refractivity (Wildman–Crippen MR) is 57.4 cm³/mol. The monoisotopic (exact) mass is 212 g/mol. The standard InChI is InChI=1S/C10H16N2OS/c1-7(13-2)10-12-9(6-14-10)5-11-8-3-4-8/h6-8,11H,3-5H2,1-2H3. The molecule has 1 saturated carbocycles. The molecule has 1 heterocycles. The van der Waals surface area contributed by atoms with Crippen LogP contribution in [0.1, 0.15) is 36.6 Å². The number of thiazole rings is 1. The molecule has 1 N–H and O–H groups in total. The minimum atomic E-state index is 0.120. The van der Waals surface area contributed by atoms with Crippen molar-refractivity contribution < 1.29 is 4.74 Å². The van der Waals surface area contributed by atoms with E-state index in [9.17, 15) is 0 Å². The van der Waals surface area contributed by atoms with Crippen LogP contribution in [0.25, 0.3) is 0 Å². The summed E-state index contributed by atoms with van der Waals surface area (Å²) < 4.78 is 5.21. The van der Waals surface area contributed by atoms with Gasteiger partial charge in [0.15, 0.2) is 0 Å². The zero-order valence-corrected chi connectivity index (χ0v) is 9.43. The molecule has 0 aromatic carbocycles. The number of nitrogens with zero attached hydrogens (tertiary/aromatic N) is 1. The van der Waals surface area contributed by atoms with Gasteiger partial charge in [-0.3, -0.25) is 0 Å². The Morgan fingerprint density at radius 2 is 2.50 bits per heavy atom. The number of ether oxygens (including phenoxy) is 1. The highest BCUT2D eigenvalue weighted by Gasteiger charge is 2.20. The Morgan fingerprint density at radius 1 is 1.71 bits per heavy atom. The smallest absolute Gasteiger partial charge is 0.122 e. The van der Waals surface area contributed by atoms with Gasteiger partial charge in [0.25, 0.3) is 0 Å². The molecule has 78 valence electrons. The van der Waals surface area contributed by atoms with E-state index in [0.717, 1.165) is 23.3 Å². The Bertz CT molecular complexity index is 296. The first-order chi connectivity index (χ1) is 6.79. The largest absolute Gasteiger partial charge is 0.375 e. The number of aromatic nitrogens is 1. The Morgan fingerprint density at radius 3 is 3.14 bits per heavy atom. The lowest BCUT2D eigenvalue weighted by molar-refractivity contribution is 0.119. The van der Waals surface area contributed by atoms with E-state index in [0.29, 0.717) is 0 Å². The minimum absolute atomic E-state index is 0.120. The summed E-state index contributed by atoms with van der Waals surface area (Å²) in [7, 11) is 1.72. The van der Waals surface area contributed by atoms with Crippen molar-refractivity contribution in [2.24, 2.45) is 0 Å². The van der Waals surface area contributed by atoms with Crippen molar-refractivity contribution in [3.05, 3.63) is 16.1 Å². The summed E-state index contributed by atoms with van der Waals surface area (Å²) in [6.45, 7) is 2.93. The second-order valence-corrected chi connectivity index (χ2v) is 4.60. The van der Waals surface area contributed by atoms with E-state index in [-0.39, 0.29) is 6.10 Å². The average molecular weight is 212 g/mol. The highest BCUT2D eigenvalue weighted by molar-refractivity contribution is 7.09. The van der Waals surface area contributed by atoms with Crippen LogP contribution in [0.2, 0.25) is 0 Å². The van der Waals surface area contributed by atoms with Gasteiger partial charge in [-0.1, -0.05) is 0 Å². The molecule has 2 rings (SSSR count). The summed E-state index contributed by atoms with van der Waals surface area (Å²) in [5.74, 6) is 0. The van der Waals surface area contributed by atoms with Crippen LogP contribution in [-0.4, -0.2) is 18.1 Å². The summed E-state index contributed by atoms with van der Waals surface area (Å²) in [4.78, 5) is 4.51. The summed E-state index contributed by atoms with van der Waals surface area (Å²) in [5, 5.41) is 6.63. The Kier molecular flexibility index (Phi) is 3.15. The summed E-state index contributed by atoms with van der Waals surface area (Å²) in [6, 6.07) is 0.750. The lowest BCUT2D eigenvalue weighted by atomic mass is 10.4. The van der Waals surface area contributed by atoms with Gasteiger partial charge in [0.1, 0.15) is 11.1 Å². The van der Waals surface area contributed by atoms with Gasteiger partial charge in [0.05, 0.1) is 5.69 Å². The van der Waals surface area contributed by atoms with Crippen molar-refractivity contribution in [1.29, 1.82) is 0 Å². The van der Waals surface area contributed by atoms with Gasteiger partial charge in [-0.05, 0) is 19.8 Å². The second-order valence-electron chi connectivity index (χ2n) is 3.71. The van der Waals surface area contributed by atoms with Crippen LogP contribution in [0.3, 0.4) is 0 Å². The van der Waals surface area contributed by atoms with E-state index < -0.39 is 0 Å². The van der Waals surface area contributed by atoms with Crippen molar-refractivity contribution in [1.82, 2.24) is 10.3 Å². The van der Waals surface area contributed by atoms with Crippen LogP contribution >= 0.6 is 11.3 Å². The Hall–Kier alpha value is -0.450. The van der Waals surface area contributed by atoms with E-state index >= 15 is 0 Å². The van der Waals surface area contributed by atoms with Gasteiger partial charge in [0.2, 0.25) is 0 Å². The van der Waals surface area contributed by atoms with Crippen molar-refractivity contribution >= 4 is 11.3 Å². The average Bonchev–Trinajstić information content (AvgIpc) is 2.92. The van der Waals surface area contributed by atoms with E-state index in [1.165, 1.54) is 12.8 Å². The third-order valence-electron chi connectivity index (χ3n) is 2.42. The summed E-state index contributed by atoms with van der Waals surface area (Å²) in [6.07, 6.45) is 2.77. The van der Waals surface area contributed by atoms with Gasteiger partial charge in [-0.2, -0.15) is 0 Å². The van der Waals surface area contributed by atoms with Crippen LogP contribution in [0.5, 0.6) is 0 Å². The maximum atomic E-state index is 5.21. The zero-order chi connectivity index (χ0) is 9.97. The molecule has 0 amide bonds. The van der Waals surface area contributed by atoms with E-state index in [4.69, 9.17) is 4.74 Å². The van der Waals surface area contributed by atoms with Crippen molar-refractivity contribution in [3.8, 4) is 0 Å². The van der Waals surface area contributed by atoms with Gasteiger partial charge >= 0.3 is 0 Å². The maximum absolute atomic E-state index is 5.21. The first-order valence-electron chi connectivity index (χ1n) is 5.00. The summed E-state index contributed by atoms with van der Waals surface area (Å²) >= 11 is 1.68. The molecule has 4 heteroatoms. The van der Waals surface area contributed by atoms with Crippen LogP contribution in [0, 0.1) is 0 Å². The Labute approximate surface area is 88.5 Å². The Balaban J connectivity index is 1.87. The number of hydrogen-bond acceptors (Lipinski definition) is 4. The van der Waals surface area contributed by atoms with Gasteiger partial charge in [0, 0.05) is 25.1 Å². The number of methoxy groups -OCH3 is 1. The molecule has 1 atom stereocenters. The molecule has 14 heavy (non-hydrogen) atoms. The number of nitrogens with one attached hydrogen (secondary N) is 1. The molecule has 1 unspecified atom stereocenters. The fraction of sp³-hybridized carbons (Fsp3) is 0.700. The molecule has 1 aliphatic carbocycles. The number of rotatable bonds is 5. The topological polar surface area (TPSA) is 34.1 Å². The lowest BCUT2D eigenvalue weighted by Gasteiger charge is -2.03. The third-order valence-corrected chi connectivity index (χ3v) is 3.47. The molecular formula is C10H16N2OS. The molecule has 1 aliphatic rings. The molecule has 0 bridgehead atoms. The molecule has 1 aromatic rings. The first kappa shape index (κ1) is 10.1. The van der Waals surface area contributed by atoms with Crippen LogP contribution in [-0.2, 0) is 11.3 Å². The van der Waals surface area contributed by atoms with Crippen molar-refractivity contribution in [3.63, 3.8) is 0 Å². The zero-order valence-electron chi connectivity index (χ0n) is 8.62. The van der Waals surface area contributed by atoms with E-state index in [1.54, 1.807) is 18.4 Å². The highest BCUT2D eigenvalue weighted by Crippen LogP contribution is 2.22. The SMILES string of the molecule is COC(C)c1nc(CNC2CC2)cs1. The molecule has 0 saturated heterocycles. The van der Waals surface area contributed by atoms with Crippen molar-refractivity contribution in [2.45, 2.75) is 38.5 Å². The van der Waals surface area contributed by atoms with Crippen LogP contribution in [0.4, 0.5) is 0 Å². The van der Waals surface area contributed by atoms with E-state index in [1.807, 2.05) is 6.92 Å². The highest BCUT2D eigenvalue weighted by atomic mass is 32.1. The molecule has 0 radical (unpaired) electrons. The maximum Gasteiger partial charge on any atom is 0.122 e. The normalized spacial score (nSPS) is 18.4. The van der Waals surface area contributed by atoms with Gasteiger partial charge in [-0.15, -0.1) is 11.3 Å². The van der Waals surface area contributed by atoms with Crippen LogP contribution in [0.15, 0.2) is 5.38 Å². The quantitative estimate of drug-likeness (QED) is 0.811. The molecule has 1 fully saturated rings. The van der Waals surface area contributed by atoms with E-state index in [2.05, 4.69) is 15.7 Å². The fourth-order valence-electron chi connectivity index (χ4n) is 1.23. The van der Waals surface area contributed by atoms with Crippen LogP contribution < -0.4 is 5.32 Å². The molecule has 3 nitrogen and oxygen atoms in total. The lowest BCUT2D eigenvalue weighted by Crippen LogP contribution is -2.15. The number of hydrogen-bond donors (Lipinski definition) is 1. The molecular weight excluding hydrogens is 196 g/mol.